The van der Waals surface area contributed by atoms with Crippen LogP contribution in [-0.4, -0.2) is 4.57 Å². The van der Waals surface area contributed by atoms with E-state index in [0.29, 0.717) is 5.92 Å². The van der Waals surface area contributed by atoms with E-state index < -0.39 is 0 Å². The maximum Gasteiger partial charge on any atom is 0.255 e. The van der Waals surface area contributed by atoms with Crippen LogP contribution in [0.2, 0.25) is 0 Å². The van der Waals surface area contributed by atoms with Crippen molar-refractivity contribution < 1.29 is 0 Å². The summed E-state index contributed by atoms with van der Waals surface area (Å²) in [6, 6.07) is 3.39. The number of aryl methyl sites for hydroxylation is 1. The standard InChI is InChI=1S/C15H19NO/c1-5-6-14(9-7-12(2)3)16-11-13(4)8-10-15(16)17/h5-12H,1H2,2-4H3/b9-7-,14-6+. The minimum absolute atomic E-state index is 0.0305. The average Bonchev–Trinajstić information content (AvgIpc) is 2.27. The minimum atomic E-state index is -0.0305. The summed E-state index contributed by atoms with van der Waals surface area (Å²) < 4.78 is 1.63. The lowest BCUT2D eigenvalue weighted by Gasteiger charge is -2.07. The summed E-state index contributed by atoms with van der Waals surface area (Å²) in [4.78, 5) is 11.8. The molecule has 0 aromatic carbocycles. The number of rotatable bonds is 4. The third kappa shape index (κ3) is 3.91. The Bertz CT molecular complexity index is 504. The third-order valence-electron chi connectivity index (χ3n) is 2.28. The Balaban J connectivity index is 3.24. The highest BCUT2D eigenvalue weighted by atomic mass is 16.1. The van der Waals surface area contributed by atoms with Gasteiger partial charge in [0.2, 0.25) is 0 Å². The van der Waals surface area contributed by atoms with Gasteiger partial charge in [-0.25, -0.2) is 0 Å². The highest BCUT2D eigenvalue weighted by molar-refractivity contribution is 5.59. The molecule has 0 fully saturated rings. The van der Waals surface area contributed by atoms with Crippen molar-refractivity contribution in [2.45, 2.75) is 20.8 Å². The second-order valence-corrected chi connectivity index (χ2v) is 4.35. The summed E-state index contributed by atoms with van der Waals surface area (Å²) in [5.74, 6) is 0.448. The average molecular weight is 229 g/mol. The van der Waals surface area contributed by atoms with Crippen LogP contribution in [0.1, 0.15) is 19.4 Å². The molecule has 0 saturated carbocycles. The summed E-state index contributed by atoms with van der Waals surface area (Å²) in [6.07, 6.45) is 9.37. The number of pyridine rings is 1. The van der Waals surface area contributed by atoms with Gasteiger partial charge < -0.3 is 0 Å². The molecule has 0 aliphatic carbocycles. The van der Waals surface area contributed by atoms with Gasteiger partial charge >= 0.3 is 0 Å². The van der Waals surface area contributed by atoms with Gasteiger partial charge in [-0.15, -0.1) is 0 Å². The smallest absolute Gasteiger partial charge is 0.255 e. The summed E-state index contributed by atoms with van der Waals surface area (Å²) in [6.45, 7) is 9.84. The molecule has 2 nitrogen and oxygen atoms in total. The van der Waals surface area contributed by atoms with Gasteiger partial charge in [0, 0.05) is 18.0 Å². The van der Waals surface area contributed by atoms with Gasteiger partial charge in [0.25, 0.3) is 5.56 Å². The molecular formula is C15H19NO. The van der Waals surface area contributed by atoms with Crippen LogP contribution in [0.5, 0.6) is 0 Å². The molecule has 90 valence electrons. The van der Waals surface area contributed by atoms with E-state index >= 15 is 0 Å². The van der Waals surface area contributed by atoms with Crippen LogP contribution in [0.4, 0.5) is 0 Å². The van der Waals surface area contributed by atoms with E-state index in [2.05, 4.69) is 26.5 Å². The fourth-order valence-corrected chi connectivity index (χ4v) is 1.42. The molecule has 1 rings (SSSR count). The Morgan fingerprint density at radius 3 is 2.71 bits per heavy atom. The largest absolute Gasteiger partial charge is 0.284 e. The molecule has 0 unspecified atom stereocenters. The van der Waals surface area contributed by atoms with Gasteiger partial charge in [0.1, 0.15) is 0 Å². The molecular weight excluding hydrogens is 210 g/mol. The topological polar surface area (TPSA) is 22.0 Å². The quantitative estimate of drug-likeness (QED) is 0.725. The molecule has 2 heteroatoms. The number of aromatic nitrogens is 1. The fourth-order valence-electron chi connectivity index (χ4n) is 1.42. The van der Waals surface area contributed by atoms with Crippen molar-refractivity contribution in [1.29, 1.82) is 0 Å². The van der Waals surface area contributed by atoms with Crippen LogP contribution in [0.25, 0.3) is 5.70 Å². The van der Waals surface area contributed by atoms with E-state index in [1.165, 1.54) is 0 Å². The molecule has 0 spiro atoms. The third-order valence-corrected chi connectivity index (χ3v) is 2.28. The van der Waals surface area contributed by atoms with Crippen LogP contribution in [-0.2, 0) is 0 Å². The summed E-state index contributed by atoms with van der Waals surface area (Å²) in [7, 11) is 0. The second-order valence-electron chi connectivity index (χ2n) is 4.35. The minimum Gasteiger partial charge on any atom is -0.284 e. The van der Waals surface area contributed by atoms with Crippen molar-refractivity contribution in [2.24, 2.45) is 5.92 Å². The fraction of sp³-hybridized carbons (Fsp3) is 0.267. The van der Waals surface area contributed by atoms with Crippen molar-refractivity contribution in [3.05, 3.63) is 65.1 Å². The monoisotopic (exact) mass is 229 g/mol. The Morgan fingerprint density at radius 1 is 1.41 bits per heavy atom. The summed E-state index contributed by atoms with van der Waals surface area (Å²) in [5, 5.41) is 0. The van der Waals surface area contributed by atoms with Gasteiger partial charge in [0.15, 0.2) is 0 Å². The lowest BCUT2D eigenvalue weighted by molar-refractivity contribution is 0.830. The molecule has 1 heterocycles. The highest BCUT2D eigenvalue weighted by Crippen LogP contribution is 2.07. The van der Waals surface area contributed by atoms with Gasteiger partial charge in [-0.2, -0.15) is 0 Å². The van der Waals surface area contributed by atoms with Crippen molar-refractivity contribution in [1.82, 2.24) is 4.57 Å². The lowest BCUT2D eigenvalue weighted by atomic mass is 10.2. The zero-order chi connectivity index (χ0) is 12.8. The van der Waals surface area contributed by atoms with Crippen LogP contribution in [0.15, 0.2) is 54.0 Å². The molecule has 0 radical (unpaired) electrons. The Hall–Kier alpha value is -1.83. The van der Waals surface area contributed by atoms with Gasteiger partial charge in [-0.05, 0) is 30.6 Å². The van der Waals surface area contributed by atoms with E-state index in [1.54, 1.807) is 16.7 Å². The van der Waals surface area contributed by atoms with Crippen molar-refractivity contribution in [3.63, 3.8) is 0 Å². The first-order valence-corrected chi connectivity index (χ1v) is 5.75. The Morgan fingerprint density at radius 2 is 2.12 bits per heavy atom. The van der Waals surface area contributed by atoms with E-state index in [-0.39, 0.29) is 5.56 Å². The van der Waals surface area contributed by atoms with Crippen LogP contribution >= 0.6 is 0 Å². The number of hydrogen-bond donors (Lipinski definition) is 0. The zero-order valence-corrected chi connectivity index (χ0v) is 10.7. The lowest BCUT2D eigenvalue weighted by Crippen LogP contribution is -2.17. The van der Waals surface area contributed by atoms with Crippen LogP contribution in [0, 0.1) is 12.8 Å². The predicted octanol–water partition coefficient (Wildman–Crippen LogP) is 3.40. The molecule has 0 saturated heterocycles. The Kier molecular flexibility index (Phi) is 4.70. The van der Waals surface area contributed by atoms with E-state index in [0.717, 1.165) is 11.3 Å². The molecule has 0 atom stereocenters. The van der Waals surface area contributed by atoms with Crippen molar-refractivity contribution in [3.8, 4) is 0 Å². The van der Waals surface area contributed by atoms with Crippen molar-refractivity contribution >= 4 is 5.70 Å². The molecule has 1 aromatic rings. The molecule has 0 amide bonds. The molecule has 0 N–H and O–H groups in total. The highest BCUT2D eigenvalue weighted by Gasteiger charge is 1.99. The number of nitrogens with zero attached hydrogens (tertiary/aromatic N) is 1. The van der Waals surface area contributed by atoms with Gasteiger partial charge in [0.05, 0.1) is 0 Å². The first-order chi connectivity index (χ1) is 8.04. The maximum atomic E-state index is 11.8. The zero-order valence-electron chi connectivity index (χ0n) is 10.7. The van der Waals surface area contributed by atoms with Crippen LogP contribution in [0.3, 0.4) is 0 Å². The van der Waals surface area contributed by atoms with Gasteiger partial charge in [-0.1, -0.05) is 38.6 Å². The summed E-state index contributed by atoms with van der Waals surface area (Å²) in [5.41, 5.74) is 1.86. The SMILES string of the molecule is C=C/C=C(\C=C/C(C)C)n1cc(C)ccc1=O. The molecule has 0 aliphatic rings. The molecule has 0 bridgehead atoms. The Labute approximate surface area is 103 Å². The summed E-state index contributed by atoms with van der Waals surface area (Å²) >= 11 is 0. The molecule has 1 aromatic heterocycles. The van der Waals surface area contributed by atoms with E-state index in [4.69, 9.17) is 0 Å². The molecule has 0 aliphatic heterocycles. The number of allylic oxidation sites excluding steroid dienone is 5. The second kappa shape index (κ2) is 6.04. The maximum absolute atomic E-state index is 11.8. The first kappa shape index (κ1) is 13.2. The number of hydrogen-bond acceptors (Lipinski definition) is 1. The predicted molar refractivity (Wildman–Crippen MR) is 73.9 cm³/mol. The van der Waals surface area contributed by atoms with Gasteiger partial charge in [-0.3, -0.25) is 9.36 Å². The van der Waals surface area contributed by atoms with E-state index in [9.17, 15) is 4.79 Å². The molecule has 17 heavy (non-hydrogen) atoms. The van der Waals surface area contributed by atoms with E-state index in [1.807, 2.05) is 31.3 Å². The first-order valence-electron chi connectivity index (χ1n) is 5.75. The van der Waals surface area contributed by atoms with Crippen molar-refractivity contribution in [2.75, 3.05) is 0 Å². The normalized spacial score (nSPS) is 12.4. The van der Waals surface area contributed by atoms with Crippen LogP contribution < -0.4 is 5.56 Å².